The maximum atomic E-state index is 13.0. The Hall–Kier alpha value is -1.93. The minimum Gasteiger partial charge on any atom is -0.348 e. The zero-order chi connectivity index (χ0) is 20.7. The van der Waals surface area contributed by atoms with Crippen LogP contribution in [0.5, 0.6) is 0 Å². The molecule has 1 aliphatic rings. The van der Waals surface area contributed by atoms with Gasteiger partial charge in [-0.3, -0.25) is 9.59 Å². The van der Waals surface area contributed by atoms with Crippen LogP contribution in [0.25, 0.3) is 0 Å². The highest BCUT2D eigenvalue weighted by Crippen LogP contribution is 2.27. The van der Waals surface area contributed by atoms with Gasteiger partial charge >= 0.3 is 11.8 Å². The van der Waals surface area contributed by atoms with E-state index >= 15 is 0 Å². The molecule has 28 heavy (non-hydrogen) atoms. The number of amides is 2. The molecular formula is C20H31N3O4S. The molecular weight excluding hydrogens is 378 g/mol. The van der Waals surface area contributed by atoms with E-state index in [1.54, 1.807) is 28.6 Å². The highest BCUT2D eigenvalue weighted by molar-refractivity contribution is 7.89. The lowest BCUT2D eigenvalue weighted by Gasteiger charge is -2.34. The van der Waals surface area contributed by atoms with Gasteiger partial charge in [0.2, 0.25) is 10.0 Å². The van der Waals surface area contributed by atoms with Crippen LogP contribution >= 0.6 is 0 Å². The van der Waals surface area contributed by atoms with Gasteiger partial charge in [0.25, 0.3) is 0 Å². The topological polar surface area (TPSA) is 95.6 Å². The van der Waals surface area contributed by atoms with Crippen molar-refractivity contribution in [1.29, 1.82) is 0 Å². The largest absolute Gasteiger partial charge is 0.348 e. The summed E-state index contributed by atoms with van der Waals surface area (Å²) < 4.78 is 27.6. The van der Waals surface area contributed by atoms with Crippen molar-refractivity contribution in [2.75, 3.05) is 19.6 Å². The highest BCUT2D eigenvalue weighted by Gasteiger charge is 2.33. The van der Waals surface area contributed by atoms with Crippen molar-refractivity contribution in [2.45, 2.75) is 57.4 Å². The minimum atomic E-state index is -3.57. The first-order chi connectivity index (χ1) is 13.2. The number of carbonyl (C=O) groups is 2. The second-order valence-corrected chi connectivity index (χ2v) is 9.62. The molecule has 1 aliphatic heterocycles. The van der Waals surface area contributed by atoms with Gasteiger partial charge in [-0.05, 0) is 44.2 Å². The van der Waals surface area contributed by atoms with Crippen molar-refractivity contribution in [3.63, 3.8) is 0 Å². The van der Waals surface area contributed by atoms with E-state index in [1.807, 2.05) is 20.8 Å². The molecule has 2 N–H and O–H groups in total. The molecule has 7 nitrogen and oxygen atoms in total. The summed E-state index contributed by atoms with van der Waals surface area (Å²) in [6, 6.07) is 6.68. The smallest absolute Gasteiger partial charge is 0.309 e. The lowest BCUT2D eigenvalue weighted by molar-refractivity contribution is -0.139. The predicted octanol–water partition coefficient (Wildman–Crippen LogP) is 1.82. The van der Waals surface area contributed by atoms with Crippen LogP contribution in [0.2, 0.25) is 0 Å². The lowest BCUT2D eigenvalue weighted by atomic mass is 10.0. The van der Waals surface area contributed by atoms with Crippen molar-refractivity contribution in [3.05, 3.63) is 29.8 Å². The maximum absolute atomic E-state index is 13.0. The van der Waals surface area contributed by atoms with E-state index < -0.39 is 21.8 Å². The molecule has 1 aromatic rings. The first-order valence-electron chi connectivity index (χ1n) is 9.86. The molecule has 0 aliphatic carbocycles. The van der Waals surface area contributed by atoms with E-state index in [0.29, 0.717) is 24.4 Å². The van der Waals surface area contributed by atoms with E-state index in [9.17, 15) is 18.0 Å². The van der Waals surface area contributed by atoms with Crippen molar-refractivity contribution in [3.8, 4) is 0 Å². The standard InChI is InChI=1S/C20H31N3O4S/c1-15(2)14-22-20(25)19(24)21-12-11-17-6-4-5-13-23(17)28(26,27)18-9-7-16(3)8-10-18/h7-10,15,17H,4-6,11-14H2,1-3H3,(H,21,24)(H,22,25). The Kier molecular flexibility index (Phi) is 8.00. The van der Waals surface area contributed by atoms with Crippen molar-refractivity contribution >= 4 is 21.8 Å². The number of nitrogens with one attached hydrogen (secondary N) is 2. The molecule has 1 aromatic carbocycles. The Labute approximate surface area is 167 Å². The third-order valence-corrected chi connectivity index (χ3v) is 6.81. The van der Waals surface area contributed by atoms with Gasteiger partial charge in [0.05, 0.1) is 4.90 Å². The Balaban J connectivity index is 1.95. The van der Waals surface area contributed by atoms with Crippen molar-refractivity contribution in [2.24, 2.45) is 5.92 Å². The van der Waals surface area contributed by atoms with Gasteiger partial charge in [-0.25, -0.2) is 8.42 Å². The molecule has 1 heterocycles. The molecule has 8 heteroatoms. The highest BCUT2D eigenvalue weighted by atomic mass is 32.2. The Bertz CT molecular complexity index is 775. The number of carbonyl (C=O) groups excluding carboxylic acids is 2. The second kappa shape index (κ2) is 10.0. The van der Waals surface area contributed by atoms with Gasteiger partial charge in [-0.15, -0.1) is 0 Å². The van der Waals surface area contributed by atoms with Crippen LogP contribution in [0.1, 0.15) is 45.1 Å². The van der Waals surface area contributed by atoms with Crippen LogP contribution in [0, 0.1) is 12.8 Å². The normalized spacial score (nSPS) is 18.1. The summed E-state index contributed by atoms with van der Waals surface area (Å²) >= 11 is 0. The summed E-state index contributed by atoms with van der Waals surface area (Å²) in [5, 5.41) is 5.17. The monoisotopic (exact) mass is 409 g/mol. The van der Waals surface area contributed by atoms with Crippen molar-refractivity contribution < 1.29 is 18.0 Å². The molecule has 0 bridgehead atoms. The summed E-state index contributed by atoms with van der Waals surface area (Å²) in [6.45, 7) is 6.99. The average Bonchev–Trinajstić information content (AvgIpc) is 2.66. The van der Waals surface area contributed by atoms with Gasteiger partial charge < -0.3 is 10.6 Å². The van der Waals surface area contributed by atoms with Crippen LogP contribution in [-0.2, 0) is 19.6 Å². The fourth-order valence-electron chi connectivity index (χ4n) is 3.23. The SMILES string of the molecule is Cc1ccc(S(=O)(=O)N2CCCCC2CCNC(=O)C(=O)NCC(C)C)cc1. The average molecular weight is 410 g/mol. The van der Waals surface area contributed by atoms with E-state index in [0.717, 1.165) is 24.8 Å². The van der Waals surface area contributed by atoms with E-state index in [1.165, 1.54) is 0 Å². The molecule has 0 spiro atoms. The summed E-state index contributed by atoms with van der Waals surface area (Å²) in [7, 11) is -3.57. The summed E-state index contributed by atoms with van der Waals surface area (Å²) in [5.74, 6) is -1.06. The first kappa shape index (κ1) is 22.4. The Morgan fingerprint density at radius 2 is 1.75 bits per heavy atom. The summed E-state index contributed by atoms with van der Waals surface area (Å²) in [4.78, 5) is 23.9. The first-order valence-corrected chi connectivity index (χ1v) is 11.3. The fraction of sp³-hybridized carbons (Fsp3) is 0.600. The molecule has 1 saturated heterocycles. The molecule has 0 radical (unpaired) electrons. The number of rotatable bonds is 7. The summed E-state index contributed by atoms with van der Waals surface area (Å²) in [6.07, 6.45) is 3.01. The van der Waals surface area contributed by atoms with E-state index in [4.69, 9.17) is 0 Å². The Morgan fingerprint density at radius 1 is 1.11 bits per heavy atom. The number of hydrogen-bond donors (Lipinski definition) is 2. The van der Waals surface area contributed by atoms with Crippen LogP contribution in [-0.4, -0.2) is 50.2 Å². The molecule has 1 unspecified atom stereocenters. The second-order valence-electron chi connectivity index (χ2n) is 7.73. The van der Waals surface area contributed by atoms with Crippen molar-refractivity contribution in [1.82, 2.24) is 14.9 Å². The van der Waals surface area contributed by atoms with E-state index in [2.05, 4.69) is 10.6 Å². The van der Waals surface area contributed by atoms with Crippen LogP contribution in [0.3, 0.4) is 0 Å². The number of hydrogen-bond acceptors (Lipinski definition) is 4. The zero-order valence-electron chi connectivity index (χ0n) is 16.9. The third-order valence-electron chi connectivity index (χ3n) is 4.84. The number of piperidine rings is 1. The molecule has 156 valence electrons. The molecule has 2 amide bonds. The van der Waals surface area contributed by atoms with Crippen LogP contribution in [0.4, 0.5) is 0 Å². The fourth-order valence-corrected chi connectivity index (χ4v) is 4.96. The molecule has 0 aromatic heterocycles. The number of sulfonamides is 1. The number of aryl methyl sites for hydroxylation is 1. The van der Waals surface area contributed by atoms with Gasteiger partial charge in [0, 0.05) is 25.7 Å². The minimum absolute atomic E-state index is 0.181. The molecule has 1 atom stereocenters. The number of benzene rings is 1. The van der Waals surface area contributed by atoms with Crippen LogP contribution < -0.4 is 10.6 Å². The summed E-state index contributed by atoms with van der Waals surface area (Å²) in [5.41, 5.74) is 1.01. The lowest BCUT2D eigenvalue weighted by Crippen LogP contribution is -2.46. The van der Waals surface area contributed by atoms with Gasteiger partial charge in [0.15, 0.2) is 0 Å². The predicted molar refractivity (Wildman–Crippen MR) is 108 cm³/mol. The van der Waals surface area contributed by atoms with Gasteiger partial charge in [-0.1, -0.05) is 38.0 Å². The third kappa shape index (κ3) is 6.04. The molecule has 2 rings (SSSR count). The van der Waals surface area contributed by atoms with Gasteiger partial charge in [0.1, 0.15) is 0 Å². The quantitative estimate of drug-likeness (QED) is 0.672. The van der Waals surface area contributed by atoms with Gasteiger partial charge in [-0.2, -0.15) is 4.31 Å². The maximum Gasteiger partial charge on any atom is 0.309 e. The molecule has 0 saturated carbocycles. The Morgan fingerprint density at radius 3 is 2.39 bits per heavy atom. The molecule has 1 fully saturated rings. The zero-order valence-corrected chi connectivity index (χ0v) is 17.7. The van der Waals surface area contributed by atoms with Crippen LogP contribution in [0.15, 0.2) is 29.2 Å². The number of nitrogens with zero attached hydrogens (tertiary/aromatic N) is 1. The van der Waals surface area contributed by atoms with E-state index in [-0.39, 0.29) is 18.5 Å².